The van der Waals surface area contributed by atoms with Crippen molar-refractivity contribution in [2.24, 2.45) is 0 Å². The van der Waals surface area contributed by atoms with E-state index in [1.54, 1.807) is 36.1 Å². The number of hydrogen-bond acceptors (Lipinski definition) is 5. The SMILES string of the molecule is CCCN(Cc1ccc(C#N)cc1)C(=O)CNC(=O)CN(CCc1ccccc1)S(=O)(=O)c1ccc(Cl)c(C)c1Cl. The molecule has 0 fully saturated rings. The van der Waals surface area contributed by atoms with Gasteiger partial charge in [0, 0.05) is 24.7 Å². The second kappa shape index (κ2) is 15.0. The van der Waals surface area contributed by atoms with Gasteiger partial charge >= 0.3 is 0 Å². The minimum atomic E-state index is -4.18. The van der Waals surface area contributed by atoms with Crippen LogP contribution in [0, 0.1) is 18.3 Å². The van der Waals surface area contributed by atoms with Crippen LogP contribution in [0.2, 0.25) is 10.0 Å². The van der Waals surface area contributed by atoms with Crippen LogP contribution in [0.1, 0.15) is 35.6 Å². The number of carbonyl (C=O) groups excluding carboxylic acids is 2. The zero-order valence-electron chi connectivity index (χ0n) is 22.9. The molecular weight excluding hydrogens is 583 g/mol. The molecule has 0 bridgehead atoms. The van der Waals surface area contributed by atoms with Crippen LogP contribution in [-0.4, -0.2) is 55.6 Å². The van der Waals surface area contributed by atoms with E-state index in [0.717, 1.165) is 15.4 Å². The molecule has 0 saturated carbocycles. The van der Waals surface area contributed by atoms with Crippen LogP contribution in [0.3, 0.4) is 0 Å². The fraction of sp³-hybridized carbons (Fsp3) is 0.300. The third kappa shape index (κ3) is 8.78. The smallest absolute Gasteiger partial charge is 0.245 e. The number of nitriles is 1. The third-order valence-electron chi connectivity index (χ3n) is 6.45. The third-order valence-corrected chi connectivity index (χ3v) is 9.35. The number of sulfonamides is 1. The van der Waals surface area contributed by atoms with E-state index >= 15 is 0 Å². The van der Waals surface area contributed by atoms with Gasteiger partial charge in [-0.25, -0.2) is 8.42 Å². The molecule has 0 aliphatic carbocycles. The summed E-state index contributed by atoms with van der Waals surface area (Å²) in [6, 6.07) is 21.1. The molecule has 0 radical (unpaired) electrons. The Morgan fingerprint density at radius 3 is 2.27 bits per heavy atom. The standard InChI is InChI=1S/C30H32Cl2N4O4S/c1-3-16-35(20-25-11-9-24(18-33)10-12-25)29(38)19-34-28(37)21-36(17-15-23-7-5-4-6-8-23)41(39,40)27-14-13-26(31)22(2)30(27)32/h4-14H,3,15-17,19-21H2,1-2H3,(H,34,37). The molecule has 0 saturated heterocycles. The van der Waals surface area contributed by atoms with Crippen molar-refractivity contribution in [3.63, 3.8) is 0 Å². The van der Waals surface area contributed by atoms with Crippen LogP contribution in [0.5, 0.6) is 0 Å². The number of rotatable bonds is 13. The molecule has 0 unspecified atom stereocenters. The molecule has 8 nitrogen and oxygen atoms in total. The van der Waals surface area contributed by atoms with Crippen LogP contribution in [0.4, 0.5) is 0 Å². The number of halogens is 2. The van der Waals surface area contributed by atoms with E-state index in [-0.39, 0.29) is 28.9 Å². The number of carbonyl (C=O) groups is 2. The average Bonchev–Trinajstić information content (AvgIpc) is 2.97. The molecule has 0 heterocycles. The fourth-order valence-corrected chi connectivity index (χ4v) is 6.31. The minimum Gasteiger partial charge on any atom is -0.346 e. The molecule has 0 atom stereocenters. The quantitative estimate of drug-likeness (QED) is 0.292. The van der Waals surface area contributed by atoms with Gasteiger partial charge in [-0.2, -0.15) is 9.57 Å². The molecule has 1 N–H and O–H groups in total. The van der Waals surface area contributed by atoms with Gasteiger partial charge in [0.2, 0.25) is 21.8 Å². The Hall–Kier alpha value is -3.42. The number of amides is 2. The van der Waals surface area contributed by atoms with Crippen LogP contribution in [0.15, 0.2) is 71.6 Å². The largest absolute Gasteiger partial charge is 0.346 e. The Kier molecular flexibility index (Phi) is 11.7. The molecule has 216 valence electrons. The van der Waals surface area contributed by atoms with E-state index in [2.05, 4.69) is 11.4 Å². The van der Waals surface area contributed by atoms with Gasteiger partial charge in [0.25, 0.3) is 0 Å². The summed E-state index contributed by atoms with van der Waals surface area (Å²) in [7, 11) is -4.18. The van der Waals surface area contributed by atoms with Crippen molar-refractivity contribution in [1.82, 2.24) is 14.5 Å². The maximum atomic E-state index is 13.7. The highest BCUT2D eigenvalue weighted by molar-refractivity contribution is 7.89. The van der Waals surface area contributed by atoms with E-state index < -0.39 is 22.5 Å². The lowest BCUT2D eigenvalue weighted by atomic mass is 10.1. The van der Waals surface area contributed by atoms with Crippen LogP contribution >= 0.6 is 23.2 Å². The van der Waals surface area contributed by atoms with Gasteiger partial charge in [-0.05, 0) is 60.7 Å². The predicted octanol–water partition coefficient (Wildman–Crippen LogP) is 4.96. The maximum absolute atomic E-state index is 13.7. The molecule has 3 aromatic rings. The number of nitrogens with one attached hydrogen (secondary N) is 1. The first-order valence-electron chi connectivity index (χ1n) is 13.1. The fourth-order valence-electron chi connectivity index (χ4n) is 4.13. The topological polar surface area (TPSA) is 111 Å². The van der Waals surface area contributed by atoms with E-state index in [1.165, 1.54) is 12.1 Å². The van der Waals surface area contributed by atoms with E-state index in [1.807, 2.05) is 37.3 Å². The Bertz CT molecular complexity index is 1510. The predicted molar refractivity (Wildman–Crippen MR) is 160 cm³/mol. The summed E-state index contributed by atoms with van der Waals surface area (Å²) in [5.74, 6) is -0.925. The van der Waals surface area contributed by atoms with Gasteiger partial charge in [-0.3, -0.25) is 9.59 Å². The average molecular weight is 616 g/mol. The molecule has 0 spiro atoms. The summed E-state index contributed by atoms with van der Waals surface area (Å²) in [5.41, 5.74) is 2.70. The van der Waals surface area contributed by atoms with Crippen molar-refractivity contribution in [3.05, 3.63) is 99.0 Å². The Balaban J connectivity index is 1.73. The second-order valence-corrected chi connectivity index (χ2v) is 12.2. The summed E-state index contributed by atoms with van der Waals surface area (Å²) < 4.78 is 28.4. The maximum Gasteiger partial charge on any atom is 0.245 e. The van der Waals surface area contributed by atoms with E-state index in [4.69, 9.17) is 28.5 Å². The zero-order valence-corrected chi connectivity index (χ0v) is 25.3. The molecule has 3 rings (SSSR count). The van der Waals surface area contributed by atoms with Crippen molar-refractivity contribution in [2.45, 2.75) is 38.1 Å². The molecule has 0 aliphatic heterocycles. The van der Waals surface area contributed by atoms with Gasteiger partial charge < -0.3 is 10.2 Å². The zero-order chi connectivity index (χ0) is 30.0. The normalized spacial score (nSPS) is 11.2. The lowest BCUT2D eigenvalue weighted by Crippen LogP contribution is -2.45. The van der Waals surface area contributed by atoms with Crippen molar-refractivity contribution in [3.8, 4) is 6.07 Å². The molecule has 11 heteroatoms. The number of benzene rings is 3. The minimum absolute atomic E-state index is 0.00388. The van der Waals surface area contributed by atoms with Gasteiger partial charge in [-0.1, -0.05) is 72.6 Å². The van der Waals surface area contributed by atoms with E-state index in [9.17, 15) is 18.0 Å². The van der Waals surface area contributed by atoms with Crippen molar-refractivity contribution in [2.75, 3.05) is 26.2 Å². The Morgan fingerprint density at radius 2 is 1.63 bits per heavy atom. The molecule has 3 aromatic carbocycles. The van der Waals surface area contributed by atoms with Crippen molar-refractivity contribution < 1.29 is 18.0 Å². The lowest BCUT2D eigenvalue weighted by molar-refractivity contribution is -0.133. The van der Waals surface area contributed by atoms with Gasteiger partial charge in [0.1, 0.15) is 4.90 Å². The van der Waals surface area contributed by atoms with Gasteiger partial charge in [0.15, 0.2) is 0 Å². The van der Waals surface area contributed by atoms with Crippen molar-refractivity contribution >= 4 is 45.0 Å². The first-order chi connectivity index (χ1) is 19.6. The first kappa shape index (κ1) is 32.1. The molecule has 0 aliphatic rings. The van der Waals surface area contributed by atoms with E-state index in [0.29, 0.717) is 42.1 Å². The second-order valence-electron chi connectivity index (χ2n) is 9.46. The van der Waals surface area contributed by atoms with Gasteiger partial charge in [0.05, 0.1) is 29.7 Å². The Morgan fingerprint density at radius 1 is 0.951 bits per heavy atom. The van der Waals surface area contributed by atoms with Crippen LogP contribution < -0.4 is 5.32 Å². The van der Waals surface area contributed by atoms with Crippen molar-refractivity contribution in [1.29, 1.82) is 5.26 Å². The first-order valence-corrected chi connectivity index (χ1v) is 15.3. The summed E-state index contributed by atoms with van der Waals surface area (Å²) in [5, 5.41) is 11.9. The lowest BCUT2D eigenvalue weighted by Gasteiger charge is -2.24. The van der Waals surface area contributed by atoms with Gasteiger partial charge in [-0.15, -0.1) is 0 Å². The summed E-state index contributed by atoms with van der Waals surface area (Å²) in [4.78, 5) is 27.4. The molecular formula is C30H32Cl2N4O4S. The highest BCUT2D eigenvalue weighted by Crippen LogP contribution is 2.32. The highest BCUT2D eigenvalue weighted by atomic mass is 35.5. The highest BCUT2D eigenvalue weighted by Gasteiger charge is 2.30. The number of nitrogens with zero attached hydrogens (tertiary/aromatic N) is 3. The summed E-state index contributed by atoms with van der Waals surface area (Å²) in [6.45, 7) is 3.59. The number of hydrogen-bond donors (Lipinski definition) is 1. The molecule has 2 amide bonds. The van der Waals surface area contributed by atoms with Crippen LogP contribution in [0.25, 0.3) is 0 Å². The van der Waals surface area contributed by atoms with Crippen LogP contribution in [-0.2, 0) is 32.6 Å². The molecule has 41 heavy (non-hydrogen) atoms. The molecule has 0 aromatic heterocycles. The summed E-state index contributed by atoms with van der Waals surface area (Å²) in [6.07, 6.45) is 1.08. The monoisotopic (exact) mass is 614 g/mol. The Labute approximate surface area is 251 Å². The summed E-state index contributed by atoms with van der Waals surface area (Å²) >= 11 is 12.5.